The Balaban J connectivity index is 2.13. The van der Waals surface area contributed by atoms with E-state index in [9.17, 15) is 9.59 Å². The van der Waals surface area contributed by atoms with Gasteiger partial charge in [-0.2, -0.15) is 0 Å². The quantitative estimate of drug-likeness (QED) is 0.856. The van der Waals surface area contributed by atoms with Gasteiger partial charge >= 0.3 is 12.1 Å². The van der Waals surface area contributed by atoms with Crippen molar-refractivity contribution in [2.75, 3.05) is 19.6 Å². The fraction of sp³-hybridized carbons (Fsp3) is 0.588. The van der Waals surface area contributed by atoms with Gasteiger partial charge in [-0.05, 0) is 58.3 Å². The van der Waals surface area contributed by atoms with Crippen molar-refractivity contribution >= 4 is 12.1 Å². The Kier molecular flexibility index (Phi) is 5.77. The molecule has 2 rings (SSSR count). The van der Waals surface area contributed by atoms with Gasteiger partial charge in [-0.1, -0.05) is 0 Å². The van der Waals surface area contributed by atoms with Crippen LogP contribution in [0.15, 0.2) is 18.3 Å². The molecule has 0 aliphatic carbocycles. The monoisotopic (exact) mass is 335 g/mol. The van der Waals surface area contributed by atoms with E-state index in [1.54, 1.807) is 4.90 Å². The van der Waals surface area contributed by atoms with Crippen LogP contribution >= 0.6 is 0 Å². The van der Waals surface area contributed by atoms with Gasteiger partial charge in [0.05, 0.1) is 17.8 Å². The molecular weight excluding hydrogens is 310 g/mol. The van der Waals surface area contributed by atoms with Crippen LogP contribution in [0.3, 0.4) is 0 Å². The van der Waals surface area contributed by atoms with Crippen molar-refractivity contribution in [2.24, 2.45) is 5.92 Å². The molecule has 24 heavy (non-hydrogen) atoms. The number of hydrogen-bond acceptors (Lipinski definition) is 5. The molecule has 1 fully saturated rings. The summed E-state index contributed by atoms with van der Waals surface area (Å²) in [6.07, 6.45) is 2.04. The normalized spacial score (nSPS) is 17.5. The number of aromatic nitrogens is 1. The molecule has 0 radical (unpaired) electrons. The highest BCUT2D eigenvalue weighted by Crippen LogP contribution is 2.17. The number of aromatic carboxylic acids is 1. The summed E-state index contributed by atoms with van der Waals surface area (Å²) in [6.45, 7) is 8.06. The number of nitrogens with zero attached hydrogens (tertiary/aromatic N) is 2. The molecule has 7 heteroatoms. The maximum atomic E-state index is 12.5. The van der Waals surface area contributed by atoms with E-state index in [4.69, 9.17) is 9.84 Å². The van der Waals surface area contributed by atoms with Crippen LogP contribution in [0.25, 0.3) is 0 Å². The molecule has 1 aliphatic rings. The Hall–Kier alpha value is -2.15. The van der Waals surface area contributed by atoms with Crippen LogP contribution < -0.4 is 5.32 Å². The van der Waals surface area contributed by atoms with Gasteiger partial charge in [0.25, 0.3) is 0 Å². The van der Waals surface area contributed by atoms with E-state index in [1.165, 1.54) is 18.3 Å². The zero-order valence-corrected chi connectivity index (χ0v) is 14.4. The van der Waals surface area contributed by atoms with E-state index in [0.717, 1.165) is 19.5 Å². The zero-order chi connectivity index (χ0) is 17.7. The number of carbonyl (C=O) groups is 2. The first-order chi connectivity index (χ1) is 11.2. The molecule has 2 heterocycles. The predicted octanol–water partition coefficient (Wildman–Crippen LogP) is 2.13. The topological polar surface area (TPSA) is 91.8 Å². The lowest BCUT2D eigenvalue weighted by Crippen LogP contribution is -2.39. The molecule has 1 aromatic rings. The lowest BCUT2D eigenvalue weighted by atomic mass is 10.1. The largest absolute Gasteiger partial charge is 0.478 e. The first kappa shape index (κ1) is 18.2. The molecule has 0 bridgehead atoms. The Bertz CT molecular complexity index is 592. The Morgan fingerprint density at radius 2 is 2.21 bits per heavy atom. The number of carbonyl (C=O) groups excluding carboxylic acids is 1. The number of amides is 1. The summed E-state index contributed by atoms with van der Waals surface area (Å²) in [4.78, 5) is 29.4. The van der Waals surface area contributed by atoms with Crippen LogP contribution in [0.5, 0.6) is 0 Å². The minimum atomic E-state index is -1.01. The summed E-state index contributed by atoms with van der Waals surface area (Å²) >= 11 is 0. The van der Waals surface area contributed by atoms with Crippen LogP contribution in [-0.2, 0) is 11.3 Å². The lowest BCUT2D eigenvalue weighted by Gasteiger charge is -2.29. The number of ether oxygens (including phenoxy) is 1. The number of pyridine rings is 1. The molecule has 1 atom stereocenters. The Morgan fingerprint density at radius 1 is 1.46 bits per heavy atom. The van der Waals surface area contributed by atoms with Crippen molar-refractivity contribution in [3.8, 4) is 0 Å². The predicted molar refractivity (Wildman–Crippen MR) is 88.8 cm³/mol. The third-order valence-corrected chi connectivity index (χ3v) is 3.71. The molecule has 1 aliphatic heterocycles. The maximum absolute atomic E-state index is 12.5. The molecule has 0 saturated carbocycles. The fourth-order valence-corrected chi connectivity index (χ4v) is 2.61. The van der Waals surface area contributed by atoms with Crippen LogP contribution in [-0.4, -0.2) is 52.3 Å². The van der Waals surface area contributed by atoms with Crippen LogP contribution in [0.1, 0.15) is 43.2 Å². The highest BCUT2D eigenvalue weighted by molar-refractivity contribution is 5.87. The van der Waals surface area contributed by atoms with E-state index in [-0.39, 0.29) is 12.1 Å². The molecule has 1 aromatic heterocycles. The highest BCUT2D eigenvalue weighted by Gasteiger charge is 2.26. The van der Waals surface area contributed by atoms with E-state index < -0.39 is 17.7 Å². The van der Waals surface area contributed by atoms with E-state index in [1.807, 2.05) is 20.8 Å². The number of nitrogens with one attached hydrogen (secondary N) is 1. The SMILES string of the molecule is CC(C)(C)OC(=O)N(Cc1cc(C(=O)O)ccn1)C[C@@H]1CCNC1. The second-order valence-corrected chi connectivity index (χ2v) is 7.06. The Morgan fingerprint density at radius 3 is 2.79 bits per heavy atom. The van der Waals surface area contributed by atoms with Crippen LogP contribution in [0.2, 0.25) is 0 Å². The maximum Gasteiger partial charge on any atom is 0.410 e. The smallest absolute Gasteiger partial charge is 0.410 e. The summed E-state index contributed by atoms with van der Waals surface area (Å²) < 4.78 is 5.48. The summed E-state index contributed by atoms with van der Waals surface area (Å²) in [5, 5.41) is 12.4. The summed E-state index contributed by atoms with van der Waals surface area (Å²) in [5.41, 5.74) is 0.109. The van der Waals surface area contributed by atoms with Crippen molar-refractivity contribution in [1.82, 2.24) is 15.2 Å². The standard InChI is InChI=1S/C17H25N3O4/c1-17(2,3)24-16(23)20(10-12-4-6-18-9-12)11-14-8-13(15(21)22)5-7-19-14/h5,7-8,12,18H,4,6,9-11H2,1-3H3,(H,21,22)/t12-/m1/s1. The molecule has 0 aromatic carbocycles. The number of rotatable bonds is 5. The Labute approximate surface area is 142 Å². The second-order valence-electron chi connectivity index (χ2n) is 7.06. The molecule has 0 spiro atoms. The molecule has 2 N–H and O–H groups in total. The molecule has 7 nitrogen and oxygen atoms in total. The van der Waals surface area contributed by atoms with Crippen molar-refractivity contribution in [2.45, 2.75) is 39.3 Å². The molecule has 132 valence electrons. The van der Waals surface area contributed by atoms with Gasteiger partial charge in [-0.3, -0.25) is 4.98 Å². The fourth-order valence-electron chi connectivity index (χ4n) is 2.61. The average molecular weight is 335 g/mol. The molecule has 1 saturated heterocycles. The van der Waals surface area contributed by atoms with Crippen molar-refractivity contribution in [1.29, 1.82) is 0 Å². The van der Waals surface area contributed by atoms with Gasteiger partial charge in [0.15, 0.2) is 0 Å². The van der Waals surface area contributed by atoms with E-state index >= 15 is 0 Å². The van der Waals surface area contributed by atoms with E-state index in [0.29, 0.717) is 18.2 Å². The third kappa shape index (κ3) is 5.49. The average Bonchev–Trinajstić information content (AvgIpc) is 2.98. The van der Waals surface area contributed by atoms with Gasteiger partial charge in [0, 0.05) is 12.7 Å². The van der Waals surface area contributed by atoms with Gasteiger partial charge in [0.2, 0.25) is 0 Å². The summed E-state index contributed by atoms with van der Waals surface area (Å²) in [7, 11) is 0. The van der Waals surface area contributed by atoms with Crippen molar-refractivity contribution < 1.29 is 19.4 Å². The summed E-state index contributed by atoms with van der Waals surface area (Å²) in [5.74, 6) is -0.650. The molecule has 1 amide bonds. The first-order valence-corrected chi connectivity index (χ1v) is 8.11. The minimum Gasteiger partial charge on any atom is -0.478 e. The lowest BCUT2D eigenvalue weighted by molar-refractivity contribution is 0.0205. The number of carboxylic acids is 1. The van der Waals surface area contributed by atoms with Crippen LogP contribution in [0, 0.1) is 5.92 Å². The van der Waals surface area contributed by atoms with Crippen molar-refractivity contribution in [3.63, 3.8) is 0 Å². The van der Waals surface area contributed by atoms with E-state index in [2.05, 4.69) is 10.3 Å². The molecular formula is C17H25N3O4. The summed E-state index contributed by atoms with van der Waals surface area (Å²) in [6, 6.07) is 2.93. The first-order valence-electron chi connectivity index (χ1n) is 8.11. The molecule has 0 unspecified atom stereocenters. The number of hydrogen-bond donors (Lipinski definition) is 2. The second kappa shape index (κ2) is 7.61. The van der Waals surface area contributed by atoms with Crippen molar-refractivity contribution in [3.05, 3.63) is 29.6 Å². The third-order valence-electron chi connectivity index (χ3n) is 3.71. The highest BCUT2D eigenvalue weighted by atomic mass is 16.6. The van der Waals surface area contributed by atoms with Gasteiger partial charge in [-0.15, -0.1) is 0 Å². The van der Waals surface area contributed by atoms with Crippen LogP contribution in [0.4, 0.5) is 4.79 Å². The van der Waals surface area contributed by atoms with Gasteiger partial charge in [0.1, 0.15) is 5.60 Å². The van der Waals surface area contributed by atoms with Gasteiger partial charge < -0.3 is 20.1 Å². The van der Waals surface area contributed by atoms with Gasteiger partial charge in [-0.25, -0.2) is 9.59 Å². The zero-order valence-electron chi connectivity index (χ0n) is 14.4. The number of carboxylic acid groups (broad SMARTS) is 1. The minimum absolute atomic E-state index is 0.159.